The van der Waals surface area contributed by atoms with Gasteiger partial charge in [0.25, 0.3) is 0 Å². The molecule has 1 saturated heterocycles. The van der Waals surface area contributed by atoms with Gasteiger partial charge in [0, 0.05) is 24.8 Å². The molecule has 1 N–H and O–H groups in total. The number of amides is 1. The number of hydrogen-bond donors (Lipinski definition) is 1. The summed E-state index contributed by atoms with van der Waals surface area (Å²) in [5.74, 6) is 0.642. The standard InChI is InChI=1S/C23H25N3O3/c1-23(28)10-12-26(13-11-23)20(27)14-17-15-24-21-18(16-6-4-3-5-7-16)8-9-19(29-2)22(21)25-17/h3-9,15,28H,10-14H2,1-2H3. The number of ether oxygens (including phenoxy) is 1. The summed E-state index contributed by atoms with van der Waals surface area (Å²) in [4.78, 5) is 23.8. The van der Waals surface area contributed by atoms with Gasteiger partial charge < -0.3 is 14.7 Å². The Labute approximate surface area is 170 Å². The van der Waals surface area contributed by atoms with E-state index in [1.54, 1.807) is 18.2 Å². The van der Waals surface area contributed by atoms with Gasteiger partial charge in [-0.3, -0.25) is 9.78 Å². The van der Waals surface area contributed by atoms with E-state index < -0.39 is 5.60 Å². The van der Waals surface area contributed by atoms with Gasteiger partial charge in [-0.25, -0.2) is 4.98 Å². The van der Waals surface area contributed by atoms with E-state index in [4.69, 9.17) is 9.72 Å². The second-order valence-corrected chi connectivity index (χ2v) is 7.79. The van der Waals surface area contributed by atoms with Crippen LogP contribution in [-0.4, -0.2) is 51.7 Å². The molecule has 1 aliphatic heterocycles. The zero-order valence-electron chi connectivity index (χ0n) is 16.8. The van der Waals surface area contributed by atoms with Crippen molar-refractivity contribution in [3.8, 4) is 16.9 Å². The van der Waals surface area contributed by atoms with Gasteiger partial charge in [-0.15, -0.1) is 0 Å². The van der Waals surface area contributed by atoms with Gasteiger partial charge in [-0.05, 0) is 37.5 Å². The number of carbonyl (C=O) groups is 1. The summed E-state index contributed by atoms with van der Waals surface area (Å²) in [6.45, 7) is 2.95. The van der Waals surface area contributed by atoms with E-state index in [1.807, 2.05) is 49.4 Å². The lowest BCUT2D eigenvalue weighted by Crippen LogP contribution is -2.45. The molecule has 1 fully saturated rings. The predicted molar refractivity (Wildman–Crippen MR) is 112 cm³/mol. The molecule has 0 atom stereocenters. The van der Waals surface area contributed by atoms with Gasteiger partial charge in [0.05, 0.1) is 24.8 Å². The fourth-order valence-corrected chi connectivity index (χ4v) is 3.72. The van der Waals surface area contributed by atoms with Crippen molar-refractivity contribution in [1.82, 2.24) is 14.9 Å². The number of methoxy groups -OCH3 is 1. The zero-order valence-corrected chi connectivity index (χ0v) is 16.8. The molecule has 2 aromatic carbocycles. The maximum atomic E-state index is 12.7. The van der Waals surface area contributed by atoms with Crippen LogP contribution in [0.15, 0.2) is 48.7 Å². The molecule has 0 saturated carbocycles. The summed E-state index contributed by atoms with van der Waals surface area (Å²) in [6, 6.07) is 13.9. The molecule has 1 amide bonds. The third-order valence-electron chi connectivity index (χ3n) is 5.54. The van der Waals surface area contributed by atoms with E-state index in [1.165, 1.54) is 0 Å². The van der Waals surface area contributed by atoms with Crippen LogP contribution in [0.4, 0.5) is 0 Å². The van der Waals surface area contributed by atoms with Crippen LogP contribution in [0.5, 0.6) is 5.75 Å². The van der Waals surface area contributed by atoms with Crippen LogP contribution >= 0.6 is 0 Å². The van der Waals surface area contributed by atoms with Crippen molar-refractivity contribution in [2.45, 2.75) is 31.8 Å². The minimum atomic E-state index is -0.680. The molecule has 1 aliphatic rings. The molecule has 3 aromatic rings. The van der Waals surface area contributed by atoms with Gasteiger partial charge in [0.1, 0.15) is 16.8 Å². The van der Waals surface area contributed by atoms with Crippen LogP contribution < -0.4 is 4.74 Å². The highest BCUT2D eigenvalue weighted by Gasteiger charge is 2.29. The normalized spacial score (nSPS) is 16.0. The van der Waals surface area contributed by atoms with E-state index in [0.29, 0.717) is 42.9 Å². The van der Waals surface area contributed by atoms with E-state index >= 15 is 0 Å². The summed E-state index contributed by atoms with van der Waals surface area (Å²) in [5, 5.41) is 10.1. The molecule has 0 radical (unpaired) electrons. The minimum Gasteiger partial charge on any atom is -0.494 e. The Bertz CT molecular complexity index is 1020. The molecule has 0 aliphatic carbocycles. The first-order valence-electron chi connectivity index (χ1n) is 9.85. The number of likely N-dealkylation sites (tertiary alicyclic amines) is 1. The van der Waals surface area contributed by atoms with Crippen molar-refractivity contribution in [2.75, 3.05) is 20.2 Å². The van der Waals surface area contributed by atoms with E-state index in [9.17, 15) is 9.90 Å². The van der Waals surface area contributed by atoms with E-state index in [2.05, 4.69) is 4.98 Å². The number of nitrogens with zero attached hydrogens (tertiary/aromatic N) is 3. The quantitative estimate of drug-likeness (QED) is 0.739. The Hall–Kier alpha value is -2.99. The van der Waals surface area contributed by atoms with E-state index in [-0.39, 0.29) is 12.3 Å². The van der Waals surface area contributed by atoms with Gasteiger partial charge in [-0.1, -0.05) is 30.3 Å². The summed E-state index contributed by atoms with van der Waals surface area (Å²) in [6.07, 6.45) is 3.04. The van der Waals surface area contributed by atoms with Gasteiger partial charge >= 0.3 is 0 Å². The van der Waals surface area contributed by atoms with Crippen molar-refractivity contribution >= 4 is 16.9 Å². The highest BCUT2D eigenvalue weighted by Crippen LogP contribution is 2.32. The lowest BCUT2D eigenvalue weighted by atomic mass is 9.93. The van der Waals surface area contributed by atoms with Gasteiger partial charge in [0.2, 0.25) is 5.91 Å². The molecule has 6 heteroatoms. The first-order valence-corrected chi connectivity index (χ1v) is 9.85. The average molecular weight is 391 g/mol. The monoisotopic (exact) mass is 391 g/mol. The highest BCUT2D eigenvalue weighted by molar-refractivity contribution is 5.95. The first kappa shape index (κ1) is 19.3. The molecule has 4 rings (SSSR count). The maximum absolute atomic E-state index is 12.7. The Balaban J connectivity index is 1.63. The van der Waals surface area contributed by atoms with Crippen molar-refractivity contribution in [3.05, 3.63) is 54.4 Å². The number of aromatic nitrogens is 2. The second-order valence-electron chi connectivity index (χ2n) is 7.79. The number of aliphatic hydroxyl groups is 1. The molecule has 0 unspecified atom stereocenters. The molecular weight excluding hydrogens is 366 g/mol. The van der Waals surface area contributed by atoms with Crippen LogP contribution in [0, 0.1) is 0 Å². The maximum Gasteiger partial charge on any atom is 0.228 e. The number of benzene rings is 2. The fourth-order valence-electron chi connectivity index (χ4n) is 3.72. The zero-order chi connectivity index (χ0) is 20.4. The summed E-state index contributed by atoms with van der Waals surface area (Å²) < 4.78 is 5.49. The number of piperidine rings is 1. The lowest BCUT2D eigenvalue weighted by Gasteiger charge is -2.35. The average Bonchev–Trinajstić information content (AvgIpc) is 2.73. The Morgan fingerprint density at radius 1 is 1.14 bits per heavy atom. The predicted octanol–water partition coefficient (Wildman–Crippen LogP) is 3.22. The minimum absolute atomic E-state index is 0.00679. The fraction of sp³-hybridized carbons (Fsp3) is 0.348. The number of rotatable bonds is 4. The van der Waals surface area contributed by atoms with Crippen LogP contribution in [-0.2, 0) is 11.2 Å². The van der Waals surface area contributed by atoms with Gasteiger partial charge in [-0.2, -0.15) is 0 Å². The largest absolute Gasteiger partial charge is 0.494 e. The molecular formula is C23H25N3O3. The molecule has 29 heavy (non-hydrogen) atoms. The van der Waals surface area contributed by atoms with Crippen LogP contribution in [0.1, 0.15) is 25.5 Å². The Morgan fingerprint density at radius 3 is 2.55 bits per heavy atom. The molecule has 1 aromatic heterocycles. The smallest absolute Gasteiger partial charge is 0.228 e. The number of carbonyl (C=O) groups excluding carboxylic acids is 1. The molecule has 2 heterocycles. The van der Waals surface area contributed by atoms with Crippen molar-refractivity contribution in [1.29, 1.82) is 0 Å². The first-order chi connectivity index (χ1) is 14.0. The van der Waals surface area contributed by atoms with Crippen molar-refractivity contribution < 1.29 is 14.6 Å². The van der Waals surface area contributed by atoms with Crippen LogP contribution in [0.3, 0.4) is 0 Å². The van der Waals surface area contributed by atoms with Crippen molar-refractivity contribution in [3.63, 3.8) is 0 Å². The Morgan fingerprint density at radius 2 is 1.86 bits per heavy atom. The van der Waals surface area contributed by atoms with Gasteiger partial charge in [0.15, 0.2) is 0 Å². The Kier molecular flexibility index (Phi) is 5.20. The lowest BCUT2D eigenvalue weighted by molar-refractivity contribution is -0.134. The molecule has 0 bridgehead atoms. The van der Waals surface area contributed by atoms with Crippen LogP contribution in [0.2, 0.25) is 0 Å². The SMILES string of the molecule is COc1ccc(-c2ccccc2)c2ncc(CC(=O)N3CCC(C)(O)CC3)nc12. The number of hydrogen-bond acceptors (Lipinski definition) is 5. The van der Waals surface area contributed by atoms with Crippen LogP contribution in [0.25, 0.3) is 22.2 Å². The second kappa shape index (κ2) is 7.79. The third kappa shape index (κ3) is 4.07. The molecule has 0 spiro atoms. The topological polar surface area (TPSA) is 75.5 Å². The summed E-state index contributed by atoms with van der Waals surface area (Å²) >= 11 is 0. The molecule has 150 valence electrons. The van der Waals surface area contributed by atoms with Crippen molar-refractivity contribution in [2.24, 2.45) is 0 Å². The molecule has 6 nitrogen and oxygen atoms in total. The summed E-state index contributed by atoms with van der Waals surface area (Å²) in [7, 11) is 1.61. The number of fused-ring (bicyclic) bond motifs is 1. The third-order valence-corrected chi connectivity index (χ3v) is 5.54. The summed E-state index contributed by atoms with van der Waals surface area (Å²) in [5.41, 5.74) is 3.37. The highest BCUT2D eigenvalue weighted by atomic mass is 16.5. The van der Waals surface area contributed by atoms with E-state index in [0.717, 1.165) is 16.6 Å².